The van der Waals surface area contributed by atoms with E-state index in [-0.39, 0.29) is 16.8 Å². The Labute approximate surface area is 159 Å². The molecule has 0 saturated heterocycles. The summed E-state index contributed by atoms with van der Waals surface area (Å²) in [4.78, 5) is 12.6. The molecule has 2 aromatic rings. The van der Waals surface area contributed by atoms with E-state index in [1.54, 1.807) is 37.3 Å². The highest BCUT2D eigenvalue weighted by molar-refractivity contribution is 7.89. The number of carbonyl (C=O) groups is 1. The predicted octanol–water partition coefficient (Wildman–Crippen LogP) is 3.03. The van der Waals surface area contributed by atoms with Gasteiger partial charge < -0.3 is 14.8 Å². The van der Waals surface area contributed by atoms with E-state index in [1.807, 2.05) is 6.92 Å². The predicted molar refractivity (Wildman–Crippen MR) is 104 cm³/mol. The number of nitrogens with one attached hydrogen (secondary N) is 2. The first-order valence-electron chi connectivity index (χ1n) is 8.46. The number of benzene rings is 2. The van der Waals surface area contributed by atoms with Crippen molar-refractivity contribution in [2.24, 2.45) is 0 Å². The van der Waals surface area contributed by atoms with Gasteiger partial charge in [-0.05, 0) is 55.8 Å². The summed E-state index contributed by atoms with van der Waals surface area (Å²) < 4.78 is 37.5. The van der Waals surface area contributed by atoms with Gasteiger partial charge in [-0.15, -0.1) is 0 Å². The van der Waals surface area contributed by atoms with Crippen molar-refractivity contribution in [2.75, 3.05) is 19.5 Å². The maximum atomic E-state index is 12.4. The molecular weight excluding hydrogens is 368 g/mol. The van der Waals surface area contributed by atoms with Crippen LogP contribution in [0.4, 0.5) is 5.69 Å². The van der Waals surface area contributed by atoms with E-state index in [0.29, 0.717) is 29.2 Å². The fourth-order valence-corrected chi connectivity index (χ4v) is 3.64. The quantitative estimate of drug-likeness (QED) is 0.720. The third-order valence-corrected chi connectivity index (χ3v) is 5.64. The van der Waals surface area contributed by atoms with Crippen LogP contribution in [0.2, 0.25) is 0 Å². The summed E-state index contributed by atoms with van der Waals surface area (Å²) >= 11 is 0. The van der Waals surface area contributed by atoms with Gasteiger partial charge in [0.05, 0.1) is 19.1 Å². The molecule has 2 rings (SSSR count). The van der Waals surface area contributed by atoms with Crippen molar-refractivity contribution in [3.8, 4) is 11.5 Å². The number of sulfonamides is 1. The van der Waals surface area contributed by atoms with E-state index >= 15 is 0 Å². The number of hydrogen-bond donors (Lipinski definition) is 2. The molecule has 0 fully saturated rings. The van der Waals surface area contributed by atoms with Gasteiger partial charge in [0.2, 0.25) is 10.0 Å². The Morgan fingerprint density at radius 1 is 1.04 bits per heavy atom. The lowest BCUT2D eigenvalue weighted by Gasteiger charge is -2.13. The minimum atomic E-state index is -3.58. The molecule has 8 heteroatoms. The topological polar surface area (TPSA) is 93.7 Å². The molecule has 2 N–H and O–H groups in total. The summed E-state index contributed by atoms with van der Waals surface area (Å²) in [6.45, 7) is 3.70. The molecule has 0 spiro atoms. The molecular formula is C19H24N2O5S. The van der Waals surface area contributed by atoms with Crippen LogP contribution in [-0.2, 0) is 10.0 Å². The van der Waals surface area contributed by atoms with Gasteiger partial charge in [-0.25, -0.2) is 13.1 Å². The second kappa shape index (κ2) is 8.88. The standard InChI is InChI=1S/C19H24N2O5S/c1-5-13(2)21-27(23,24)16-9-7-15(8-10-16)20-19(22)14-6-11-17(25-3)18(12-14)26-4/h6-13,21H,5H2,1-4H3,(H,20,22)/t13-/m1/s1. The molecule has 7 nitrogen and oxygen atoms in total. The first-order chi connectivity index (χ1) is 12.8. The molecule has 0 radical (unpaired) electrons. The lowest BCUT2D eigenvalue weighted by molar-refractivity contribution is 0.102. The van der Waals surface area contributed by atoms with Crippen LogP contribution in [0.3, 0.4) is 0 Å². The van der Waals surface area contributed by atoms with Crippen LogP contribution in [0.5, 0.6) is 11.5 Å². The molecule has 1 amide bonds. The van der Waals surface area contributed by atoms with Crippen molar-refractivity contribution in [1.82, 2.24) is 4.72 Å². The van der Waals surface area contributed by atoms with E-state index in [2.05, 4.69) is 10.0 Å². The Morgan fingerprint density at radius 3 is 2.22 bits per heavy atom. The number of ether oxygens (including phenoxy) is 2. The molecule has 146 valence electrons. The molecule has 0 heterocycles. The number of carbonyl (C=O) groups excluding carboxylic acids is 1. The Hall–Kier alpha value is -2.58. The van der Waals surface area contributed by atoms with E-state index in [4.69, 9.17) is 9.47 Å². The largest absolute Gasteiger partial charge is 0.493 e. The molecule has 0 aromatic heterocycles. The van der Waals surface area contributed by atoms with Crippen molar-refractivity contribution in [3.63, 3.8) is 0 Å². The molecule has 27 heavy (non-hydrogen) atoms. The van der Waals surface area contributed by atoms with Crippen LogP contribution in [0.15, 0.2) is 47.4 Å². The lowest BCUT2D eigenvalue weighted by atomic mass is 10.2. The van der Waals surface area contributed by atoms with Gasteiger partial charge in [-0.3, -0.25) is 4.79 Å². The van der Waals surface area contributed by atoms with Crippen LogP contribution < -0.4 is 19.5 Å². The first-order valence-corrected chi connectivity index (χ1v) is 9.94. The highest BCUT2D eigenvalue weighted by Crippen LogP contribution is 2.28. The van der Waals surface area contributed by atoms with Crippen LogP contribution in [-0.4, -0.2) is 34.6 Å². The van der Waals surface area contributed by atoms with Crippen LogP contribution in [0.25, 0.3) is 0 Å². The Kier molecular flexibility index (Phi) is 6.81. The SMILES string of the molecule is CC[C@@H](C)NS(=O)(=O)c1ccc(NC(=O)c2ccc(OC)c(OC)c2)cc1. The third-order valence-electron chi connectivity index (χ3n) is 4.04. The number of amides is 1. The van der Waals surface area contributed by atoms with Crippen LogP contribution in [0.1, 0.15) is 30.6 Å². The van der Waals surface area contributed by atoms with Gasteiger partial charge >= 0.3 is 0 Å². The van der Waals surface area contributed by atoms with Gasteiger partial charge in [-0.1, -0.05) is 6.92 Å². The zero-order chi connectivity index (χ0) is 20.0. The third kappa shape index (κ3) is 5.21. The second-order valence-electron chi connectivity index (χ2n) is 5.98. The summed E-state index contributed by atoms with van der Waals surface area (Å²) in [5, 5.41) is 2.73. The molecule has 0 aliphatic carbocycles. The molecule has 0 bridgehead atoms. The van der Waals surface area contributed by atoms with Gasteiger partial charge in [0.1, 0.15) is 0 Å². The second-order valence-corrected chi connectivity index (χ2v) is 7.69. The number of hydrogen-bond acceptors (Lipinski definition) is 5. The molecule has 1 atom stereocenters. The van der Waals surface area contributed by atoms with Crippen LogP contribution in [0, 0.1) is 0 Å². The average molecular weight is 392 g/mol. The fourth-order valence-electron chi connectivity index (χ4n) is 2.31. The fraction of sp³-hybridized carbons (Fsp3) is 0.316. The average Bonchev–Trinajstić information content (AvgIpc) is 2.67. The number of rotatable bonds is 8. The summed E-state index contributed by atoms with van der Waals surface area (Å²) in [5.41, 5.74) is 0.875. The molecule has 0 aliphatic rings. The van der Waals surface area contributed by atoms with E-state index in [9.17, 15) is 13.2 Å². The maximum Gasteiger partial charge on any atom is 0.255 e. The van der Waals surface area contributed by atoms with Gasteiger partial charge in [0.25, 0.3) is 5.91 Å². The molecule has 0 saturated carbocycles. The van der Waals surface area contributed by atoms with Crippen molar-refractivity contribution in [2.45, 2.75) is 31.2 Å². The van der Waals surface area contributed by atoms with Gasteiger partial charge in [0, 0.05) is 17.3 Å². The first kappa shape index (κ1) is 20.7. The molecule has 0 unspecified atom stereocenters. The zero-order valence-corrected chi connectivity index (χ0v) is 16.6. The zero-order valence-electron chi connectivity index (χ0n) is 15.8. The van der Waals surface area contributed by atoms with Crippen molar-refractivity contribution < 1.29 is 22.7 Å². The highest BCUT2D eigenvalue weighted by atomic mass is 32.2. The smallest absolute Gasteiger partial charge is 0.255 e. The van der Waals surface area contributed by atoms with Crippen molar-refractivity contribution in [3.05, 3.63) is 48.0 Å². The molecule has 2 aromatic carbocycles. The van der Waals surface area contributed by atoms with Gasteiger partial charge in [0.15, 0.2) is 11.5 Å². The highest BCUT2D eigenvalue weighted by Gasteiger charge is 2.17. The summed E-state index contributed by atoms with van der Waals surface area (Å²) in [6, 6.07) is 10.7. The van der Waals surface area contributed by atoms with Crippen molar-refractivity contribution >= 4 is 21.6 Å². The molecule has 0 aliphatic heterocycles. The lowest BCUT2D eigenvalue weighted by Crippen LogP contribution is -2.31. The summed E-state index contributed by atoms with van der Waals surface area (Å²) in [7, 11) is -0.569. The van der Waals surface area contributed by atoms with E-state index in [0.717, 1.165) is 0 Å². The Bertz CT molecular complexity index is 895. The van der Waals surface area contributed by atoms with E-state index < -0.39 is 10.0 Å². The minimum absolute atomic E-state index is 0.145. The number of methoxy groups -OCH3 is 2. The maximum absolute atomic E-state index is 12.4. The van der Waals surface area contributed by atoms with E-state index in [1.165, 1.54) is 26.4 Å². The van der Waals surface area contributed by atoms with Gasteiger partial charge in [-0.2, -0.15) is 0 Å². The van der Waals surface area contributed by atoms with Crippen molar-refractivity contribution in [1.29, 1.82) is 0 Å². The Morgan fingerprint density at radius 2 is 1.67 bits per heavy atom. The number of anilines is 1. The monoisotopic (exact) mass is 392 g/mol. The normalized spacial score (nSPS) is 12.3. The summed E-state index contributed by atoms with van der Waals surface area (Å²) in [5.74, 6) is 0.629. The van der Waals surface area contributed by atoms with Crippen LogP contribution >= 0.6 is 0 Å². The summed E-state index contributed by atoms with van der Waals surface area (Å²) in [6.07, 6.45) is 0.693. The Balaban J connectivity index is 2.13. The minimum Gasteiger partial charge on any atom is -0.493 e.